The molecule has 4 rings (SSSR count). The molecule has 2 heterocycles. The number of aromatic nitrogens is 1. The molecule has 3 aromatic rings. The molecular weight excluding hydrogens is 414 g/mol. The number of nitrogens with zero attached hydrogens (tertiary/aromatic N) is 2. The lowest BCUT2D eigenvalue weighted by atomic mass is 9.87. The molecule has 6 nitrogen and oxygen atoms in total. The Morgan fingerprint density at radius 2 is 1.58 bits per heavy atom. The lowest BCUT2D eigenvalue weighted by Crippen LogP contribution is -2.32. The van der Waals surface area contributed by atoms with Crippen molar-refractivity contribution in [3.63, 3.8) is 0 Å². The Hall–Kier alpha value is -3.93. The maximum absolute atomic E-state index is 13.5. The summed E-state index contributed by atoms with van der Waals surface area (Å²) in [6, 6.07) is 18.7. The summed E-state index contributed by atoms with van der Waals surface area (Å²) in [5, 5.41) is 3.22. The highest BCUT2D eigenvalue weighted by atomic mass is 16.5. The summed E-state index contributed by atoms with van der Waals surface area (Å²) in [4.78, 5) is 32.2. The van der Waals surface area contributed by atoms with E-state index in [0.29, 0.717) is 16.9 Å². The van der Waals surface area contributed by atoms with Gasteiger partial charge in [-0.1, -0.05) is 51.1 Å². The van der Waals surface area contributed by atoms with Crippen molar-refractivity contribution in [2.45, 2.75) is 32.7 Å². The summed E-state index contributed by atoms with van der Waals surface area (Å²) < 4.78 is 5.49. The van der Waals surface area contributed by atoms with Crippen molar-refractivity contribution >= 4 is 23.1 Å². The van der Waals surface area contributed by atoms with E-state index in [4.69, 9.17) is 4.74 Å². The van der Waals surface area contributed by atoms with Crippen LogP contribution in [0.5, 0.6) is 5.75 Å². The fraction of sp³-hybridized carbons (Fsp3) is 0.222. The van der Waals surface area contributed by atoms with Crippen molar-refractivity contribution in [2.24, 2.45) is 0 Å². The maximum atomic E-state index is 13.5. The first-order chi connectivity index (χ1) is 15.8. The number of methoxy groups -OCH3 is 1. The van der Waals surface area contributed by atoms with Gasteiger partial charge in [0.15, 0.2) is 0 Å². The molecule has 0 spiro atoms. The van der Waals surface area contributed by atoms with Gasteiger partial charge in [-0.15, -0.1) is 0 Å². The van der Waals surface area contributed by atoms with Crippen LogP contribution in [0.3, 0.4) is 0 Å². The summed E-state index contributed by atoms with van der Waals surface area (Å²) in [7, 11) is 1.55. The van der Waals surface area contributed by atoms with Crippen LogP contribution in [0.2, 0.25) is 0 Å². The third-order valence-electron chi connectivity index (χ3n) is 5.65. The maximum Gasteiger partial charge on any atom is 0.278 e. The van der Waals surface area contributed by atoms with Crippen LogP contribution in [0.15, 0.2) is 78.8 Å². The van der Waals surface area contributed by atoms with Gasteiger partial charge in [0.25, 0.3) is 11.8 Å². The zero-order chi connectivity index (χ0) is 23.6. The molecule has 1 aliphatic heterocycles. The van der Waals surface area contributed by atoms with Gasteiger partial charge in [0.05, 0.1) is 19.2 Å². The van der Waals surface area contributed by atoms with Crippen molar-refractivity contribution in [1.82, 2.24) is 9.88 Å². The fourth-order valence-electron chi connectivity index (χ4n) is 3.81. The number of amides is 2. The minimum atomic E-state index is -0.377. The average Bonchev–Trinajstić information content (AvgIpc) is 3.03. The standard InChI is InChI=1S/C27H27N3O3/c1-27(2,3)19-9-11-20(12-10-19)29-24-23(21-7-5-6-8-22(21)33-4)25(31)30(26(24)32)17-18-13-15-28-16-14-18/h5-16,29H,17H2,1-4H3. The number of anilines is 1. The van der Waals surface area contributed by atoms with Gasteiger partial charge in [-0.05, 0) is 46.9 Å². The smallest absolute Gasteiger partial charge is 0.278 e. The Kier molecular flexibility index (Phi) is 6.01. The number of rotatable bonds is 6. The highest BCUT2D eigenvalue weighted by molar-refractivity contribution is 6.36. The number of imide groups is 1. The van der Waals surface area contributed by atoms with E-state index in [9.17, 15) is 9.59 Å². The van der Waals surface area contributed by atoms with E-state index in [-0.39, 0.29) is 29.5 Å². The average molecular weight is 442 g/mol. The number of pyridine rings is 1. The molecule has 1 N–H and O–H groups in total. The van der Waals surface area contributed by atoms with Gasteiger partial charge in [-0.25, -0.2) is 0 Å². The third kappa shape index (κ3) is 4.51. The van der Waals surface area contributed by atoms with Gasteiger partial charge in [-0.2, -0.15) is 0 Å². The van der Waals surface area contributed by atoms with Gasteiger partial charge in [0, 0.05) is 23.6 Å². The summed E-state index contributed by atoms with van der Waals surface area (Å²) in [6.07, 6.45) is 3.29. The van der Waals surface area contributed by atoms with Gasteiger partial charge in [0.2, 0.25) is 0 Å². The quantitative estimate of drug-likeness (QED) is 0.558. The van der Waals surface area contributed by atoms with Crippen LogP contribution in [0, 0.1) is 0 Å². The monoisotopic (exact) mass is 441 g/mol. The van der Waals surface area contributed by atoms with E-state index in [1.54, 1.807) is 43.8 Å². The Morgan fingerprint density at radius 1 is 0.909 bits per heavy atom. The molecule has 6 heteroatoms. The first kappa shape index (κ1) is 22.3. The minimum absolute atomic E-state index is 0.0147. The fourth-order valence-corrected chi connectivity index (χ4v) is 3.81. The van der Waals surface area contributed by atoms with E-state index >= 15 is 0 Å². The largest absolute Gasteiger partial charge is 0.496 e. The van der Waals surface area contributed by atoms with Gasteiger partial charge in [-0.3, -0.25) is 19.5 Å². The summed E-state index contributed by atoms with van der Waals surface area (Å²) in [5.41, 5.74) is 3.86. The number of carbonyl (C=O) groups is 2. The number of para-hydroxylation sites is 1. The lowest BCUT2D eigenvalue weighted by Gasteiger charge is -2.19. The minimum Gasteiger partial charge on any atom is -0.496 e. The van der Waals surface area contributed by atoms with Gasteiger partial charge >= 0.3 is 0 Å². The summed E-state index contributed by atoms with van der Waals surface area (Å²) in [5.74, 6) is -0.213. The first-order valence-electron chi connectivity index (χ1n) is 10.8. The molecule has 0 radical (unpaired) electrons. The number of hydrogen-bond donors (Lipinski definition) is 1. The molecule has 0 aliphatic carbocycles. The molecule has 0 atom stereocenters. The number of carbonyl (C=O) groups excluding carboxylic acids is 2. The van der Waals surface area contributed by atoms with Gasteiger partial charge in [0.1, 0.15) is 11.4 Å². The predicted molar refractivity (Wildman–Crippen MR) is 128 cm³/mol. The van der Waals surface area contributed by atoms with Crippen LogP contribution >= 0.6 is 0 Å². The molecular formula is C27H27N3O3. The molecule has 0 bridgehead atoms. The molecule has 0 unspecified atom stereocenters. The van der Waals surface area contributed by atoms with E-state index in [0.717, 1.165) is 11.3 Å². The molecule has 1 aromatic heterocycles. The van der Waals surface area contributed by atoms with Crippen molar-refractivity contribution in [1.29, 1.82) is 0 Å². The molecule has 0 fully saturated rings. The van der Waals surface area contributed by atoms with E-state index in [1.165, 1.54) is 10.5 Å². The van der Waals surface area contributed by atoms with Crippen molar-refractivity contribution < 1.29 is 14.3 Å². The van der Waals surface area contributed by atoms with E-state index in [1.807, 2.05) is 36.4 Å². The van der Waals surface area contributed by atoms with Crippen LogP contribution in [0.4, 0.5) is 5.69 Å². The van der Waals surface area contributed by atoms with E-state index in [2.05, 4.69) is 31.1 Å². The molecule has 0 saturated heterocycles. The number of benzene rings is 2. The Bertz CT molecular complexity index is 1210. The topological polar surface area (TPSA) is 71.5 Å². The molecule has 2 aromatic carbocycles. The second-order valence-corrected chi connectivity index (χ2v) is 8.95. The van der Waals surface area contributed by atoms with E-state index < -0.39 is 0 Å². The van der Waals surface area contributed by atoms with Crippen LogP contribution in [0.25, 0.3) is 5.57 Å². The van der Waals surface area contributed by atoms with Crippen LogP contribution in [-0.2, 0) is 21.5 Å². The van der Waals surface area contributed by atoms with Gasteiger partial charge < -0.3 is 10.1 Å². The normalized spacial score (nSPS) is 14.1. The lowest BCUT2D eigenvalue weighted by molar-refractivity contribution is -0.137. The van der Waals surface area contributed by atoms with Crippen LogP contribution < -0.4 is 10.1 Å². The zero-order valence-electron chi connectivity index (χ0n) is 19.3. The Labute approximate surface area is 193 Å². The predicted octanol–water partition coefficient (Wildman–Crippen LogP) is 4.78. The Morgan fingerprint density at radius 3 is 2.21 bits per heavy atom. The summed E-state index contributed by atoms with van der Waals surface area (Å²) in [6.45, 7) is 6.60. The van der Waals surface area contributed by atoms with Crippen molar-refractivity contribution in [3.8, 4) is 5.75 Å². The molecule has 0 saturated carbocycles. The second-order valence-electron chi connectivity index (χ2n) is 8.95. The van der Waals surface area contributed by atoms with Crippen molar-refractivity contribution in [3.05, 3.63) is 95.4 Å². The highest BCUT2D eigenvalue weighted by Crippen LogP contribution is 2.36. The third-order valence-corrected chi connectivity index (χ3v) is 5.65. The molecule has 33 heavy (non-hydrogen) atoms. The Balaban J connectivity index is 1.75. The number of ether oxygens (including phenoxy) is 1. The number of hydrogen-bond acceptors (Lipinski definition) is 5. The summed E-state index contributed by atoms with van der Waals surface area (Å²) >= 11 is 0. The molecule has 168 valence electrons. The van der Waals surface area contributed by atoms with Crippen LogP contribution in [0.1, 0.15) is 37.5 Å². The SMILES string of the molecule is COc1ccccc1C1=C(Nc2ccc(C(C)(C)C)cc2)C(=O)N(Cc2ccncc2)C1=O. The second kappa shape index (κ2) is 8.90. The zero-order valence-corrected chi connectivity index (χ0v) is 19.3. The van der Waals surface area contributed by atoms with Crippen molar-refractivity contribution in [2.75, 3.05) is 12.4 Å². The molecule has 2 amide bonds. The highest BCUT2D eigenvalue weighted by Gasteiger charge is 2.40. The number of nitrogens with one attached hydrogen (secondary N) is 1. The van der Waals surface area contributed by atoms with Crippen LogP contribution in [-0.4, -0.2) is 28.8 Å². The first-order valence-corrected chi connectivity index (χ1v) is 10.8. The molecule has 1 aliphatic rings.